The number of hydrogen-bond acceptors (Lipinski definition) is 9. The average molecular weight is 417 g/mol. The SMILES string of the molecule is COC(=O)c1ccoc1COC(=O)Cc1csc(-c2ccc(OC)c(OC)c2)n1. The van der Waals surface area contributed by atoms with E-state index >= 15 is 0 Å². The summed E-state index contributed by atoms with van der Waals surface area (Å²) < 4.78 is 25.6. The van der Waals surface area contributed by atoms with Crippen molar-refractivity contribution in [1.82, 2.24) is 4.98 Å². The van der Waals surface area contributed by atoms with Crippen LogP contribution in [0.1, 0.15) is 21.8 Å². The maximum Gasteiger partial charge on any atom is 0.341 e. The van der Waals surface area contributed by atoms with Crippen LogP contribution in [0, 0.1) is 0 Å². The van der Waals surface area contributed by atoms with E-state index in [0.717, 1.165) is 10.6 Å². The van der Waals surface area contributed by atoms with E-state index in [1.807, 2.05) is 12.1 Å². The van der Waals surface area contributed by atoms with Crippen LogP contribution >= 0.6 is 11.3 Å². The third-order valence-electron chi connectivity index (χ3n) is 4.02. The minimum absolute atomic E-state index is 0.00193. The van der Waals surface area contributed by atoms with Gasteiger partial charge in [-0.1, -0.05) is 0 Å². The fourth-order valence-corrected chi connectivity index (χ4v) is 3.40. The van der Waals surface area contributed by atoms with Gasteiger partial charge in [0.25, 0.3) is 0 Å². The second-order valence-corrected chi connectivity index (χ2v) is 6.66. The number of methoxy groups -OCH3 is 3. The molecule has 2 aromatic heterocycles. The molecule has 0 spiro atoms. The molecule has 0 saturated heterocycles. The standard InChI is InChI=1S/C20H19NO7S/c1-24-15-5-4-12(8-16(15)25-2)19-21-13(11-29-19)9-18(22)28-10-17-14(6-7-27-17)20(23)26-3/h4-8,11H,9-10H2,1-3H3. The van der Waals surface area contributed by atoms with Gasteiger partial charge in [-0.05, 0) is 24.3 Å². The van der Waals surface area contributed by atoms with Gasteiger partial charge in [-0.25, -0.2) is 9.78 Å². The number of hydrogen-bond donors (Lipinski definition) is 0. The molecule has 0 radical (unpaired) electrons. The normalized spacial score (nSPS) is 10.4. The maximum absolute atomic E-state index is 12.1. The highest BCUT2D eigenvalue weighted by Gasteiger charge is 2.17. The zero-order chi connectivity index (χ0) is 20.8. The van der Waals surface area contributed by atoms with Crippen molar-refractivity contribution in [3.05, 3.63) is 52.9 Å². The van der Waals surface area contributed by atoms with E-state index in [1.54, 1.807) is 25.7 Å². The van der Waals surface area contributed by atoms with Crippen molar-refractivity contribution in [3.63, 3.8) is 0 Å². The molecule has 1 aromatic carbocycles. The first kappa shape index (κ1) is 20.4. The zero-order valence-corrected chi connectivity index (χ0v) is 16.9. The number of aromatic nitrogens is 1. The van der Waals surface area contributed by atoms with Crippen molar-refractivity contribution in [3.8, 4) is 22.1 Å². The molecule has 2 heterocycles. The van der Waals surface area contributed by atoms with Crippen molar-refractivity contribution >= 4 is 23.3 Å². The molecular weight excluding hydrogens is 398 g/mol. The minimum Gasteiger partial charge on any atom is -0.493 e. The van der Waals surface area contributed by atoms with Gasteiger partial charge in [0.2, 0.25) is 0 Å². The Labute approximate surface area is 171 Å². The highest BCUT2D eigenvalue weighted by molar-refractivity contribution is 7.13. The Kier molecular flexibility index (Phi) is 6.50. The summed E-state index contributed by atoms with van der Waals surface area (Å²) in [6.45, 7) is -0.164. The van der Waals surface area contributed by atoms with E-state index in [9.17, 15) is 9.59 Å². The largest absolute Gasteiger partial charge is 0.493 e. The lowest BCUT2D eigenvalue weighted by Crippen LogP contribution is -2.10. The van der Waals surface area contributed by atoms with Crippen LogP contribution < -0.4 is 9.47 Å². The van der Waals surface area contributed by atoms with Crippen molar-refractivity contribution in [1.29, 1.82) is 0 Å². The quantitative estimate of drug-likeness (QED) is 0.514. The molecule has 0 amide bonds. The monoisotopic (exact) mass is 417 g/mol. The summed E-state index contributed by atoms with van der Waals surface area (Å²) in [6, 6.07) is 6.95. The summed E-state index contributed by atoms with van der Waals surface area (Å²) in [6.07, 6.45) is 1.34. The van der Waals surface area contributed by atoms with Crippen molar-refractivity contribution in [2.24, 2.45) is 0 Å². The third-order valence-corrected chi connectivity index (χ3v) is 4.96. The van der Waals surface area contributed by atoms with Crippen LogP contribution in [-0.2, 0) is 27.3 Å². The number of esters is 2. The Morgan fingerprint density at radius 2 is 1.90 bits per heavy atom. The van der Waals surface area contributed by atoms with Gasteiger partial charge in [0.15, 0.2) is 17.3 Å². The van der Waals surface area contributed by atoms with Gasteiger partial charge >= 0.3 is 11.9 Å². The molecule has 0 aliphatic carbocycles. The molecule has 0 atom stereocenters. The van der Waals surface area contributed by atoms with Gasteiger partial charge in [0.05, 0.1) is 39.7 Å². The molecule has 0 fully saturated rings. The number of carbonyl (C=O) groups is 2. The molecule has 0 bridgehead atoms. The molecule has 3 rings (SSSR count). The van der Waals surface area contributed by atoms with Crippen molar-refractivity contribution < 1.29 is 33.0 Å². The first-order valence-corrected chi connectivity index (χ1v) is 9.40. The Morgan fingerprint density at radius 1 is 1.10 bits per heavy atom. The maximum atomic E-state index is 12.1. The first-order chi connectivity index (χ1) is 14.0. The van der Waals surface area contributed by atoms with Gasteiger partial charge < -0.3 is 23.4 Å². The van der Waals surface area contributed by atoms with Crippen LogP contribution in [0.3, 0.4) is 0 Å². The van der Waals surface area contributed by atoms with E-state index in [2.05, 4.69) is 9.72 Å². The van der Waals surface area contributed by atoms with E-state index < -0.39 is 11.9 Å². The van der Waals surface area contributed by atoms with Crippen LogP contribution in [0.15, 0.2) is 40.3 Å². The molecule has 3 aromatic rings. The number of furan rings is 1. The van der Waals surface area contributed by atoms with Crippen molar-refractivity contribution in [2.45, 2.75) is 13.0 Å². The lowest BCUT2D eigenvalue weighted by atomic mass is 10.2. The number of thiazole rings is 1. The minimum atomic E-state index is -0.552. The van der Waals surface area contributed by atoms with Gasteiger partial charge in [0.1, 0.15) is 17.2 Å². The summed E-state index contributed by atoms with van der Waals surface area (Å²) in [5.74, 6) is 0.418. The first-order valence-electron chi connectivity index (χ1n) is 8.52. The van der Waals surface area contributed by atoms with Crippen LogP contribution in [0.25, 0.3) is 10.6 Å². The fraction of sp³-hybridized carbons (Fsp3) is 0.250. The number of nitrogens with zero attached hydrogens (tertiary/aromatic N) is 1. The number of rotatable bonds is 8. The summed E-state index contributed by atoms with van der Waals surface area (Å²) in [7, 11) is 4.40. The van der Waals surface area contributed by atoms with Crippen LogP contribution in [0.4, 0.5) is 0 Å². The van der Waals surface area contributed by atoms with Crippen LogP contribution in [0.5, 0.6) is 11.5 Å². The smallest absolute Gasteiger partial charge is 0.341 e. The Hall–Kier alpha value is -3.33. The summed E-state index contributed by atoms with van der Waals surface area (Å²) in [4.78, 5) is 28.2. The topological polar surface area (TPSA) is 97.1 Å². The van der Waals surface area contributed by atoms with E-state index in [0.29, 0.717) is 17.2 Å². The summed E-state index contributed by atoms with van der Waals surface area (Å²) in [5.41, 5.74) is 1.66. The predicted octanol–water partition coefficient (Wildman–Crippen LogP) is 3.49. The molecule has 0 aliphatic heterocycles. The second-order valence-electron chi connectivity index (χ2n) is 5.80. The summed E-state index contributed by atoms with van der Waals surface area (Å²) >= 11 is 1.41. The molecule has 0 saturated carbocycles. The average Bonchev–Trinajstić information content (AvgIpc) is 3.40. The zero-order valence-electron chi connectivity index (χ0n) is 16.1. The molecule has 0 aliphatic rings. The molecular formula is C20H19NO7S. The second kappa shape index (κ2) is 9.24. The predicted molar refractivity (Wildman–Crippen MR) is 104 cm³/mol. The molecule has 9 heteroatoms. The lowest BCUT2D eigenvalue weighted by Gasteiger charge is -2.08. The number of benzene rings is 1. The molecule has 8 nitrogen and oxygen atoms in total. The highest BCUT2D eigenvalue weighted by Crippen LogP contribution is 2.33. The molecule has 152 valence electrons. The fourth-order valence-electron chi connectivity index (χ4n) is 2.58. The third kappa shape index (κ3) is 4.75. The highest BCUT2D eigenvalue weighted by atomic mass is 32.1. The lowest BCUT2D eigenvalue weighted by molar-refractivity contribution is -0.144. The van der Waals surface area contributed by atoms with Gasteiger partial charge in [-0.2, -0.15) is 0 Å². The number of carbonyl (C=O) groups excluding carboxylic acids is 2. The van der Waals surface area contributed by atoms with Gasteiger partial charge in [-0.3, -0.25) is 4.79 Å². The van der Waals surface area contributed by atoms with E-state index in [4.69, 9.17) is 18.6 Å². The van der Waals surface area contributed by atoms with Crippen LogP contribution in [0.2, 0.25) is 0 Å². The number of ether oxygens (including phenoxy) is 4. The van der Waals surface area contributed by atoms with E-state index in [-0.39, 0.29) is 24.4 Å². The summed E-state index contributed by atoms with van der Waals surface area (Å²) in [5, 5.41) is 2.54. The Balaban J connectivity index is 1.62. The van der Waals surface area contributed by atoms with E-state index in [1.165, 1.54) is 30.8 Å². The van der Waals surface area contributed by atoms with Crippen LogP contribution in [-0.4, -0.2) is 38.3 Å². The van der Waals surface area contributed by atoms with Gasteiger partial charge in [0, 0.05) is 10.9 Å². The molecule has 0 unspecified atom stereocenters. The Morgan fingerprint density at radius 3 is 2.62 bits per heavy atom. The molecule has 0 N–H and O–H groups in total. The molecule has 29 heavy (non-hydrogen) atoms. The van der Waals surface area contributed by atoms with Crippen molar-refractivity contribution in [2.75, 3.05) is 21.3 Å². The Bertz CT molecular complexity index is 1010. The van der Waals surface area contributed by atoms with Gasteiger partial charge in [-0.15, -0.1) is 11.3 Å².